The number of piperidine rings is 1. The molecule has 18 heavy (non-hydrogen) atoms. The highest BCUT2D eigenvalue weighted by Gasteiger charge is 2.33. The molecule has 0 aromatic rings. The van der Waals surface area contributed by atoms with Crippen molar-refractivity contribution in [2.45, 2.75) is 38.6 Å². The van der Waals surface area contributed by atoms with Crippen LogP contribution in [0.25, 0.3) is 0 Å². The summed E-state index contributed by atoms with van der Waals surface area (Å²) in [6, 6.07) is -0.0665. The molecule has 1 atom stereocenters. The monoisotopic (exact) mass is 278 g/mol. The van der Waals surface area contributed by atoms with E-state index in [1.165, 1.54) is 4.31 Å². The molecule has 7 heteroatoms. The first-order valence-corrected chi connectivity index (χ1v) is 7.97. The molecule has 1 fully saturated rings. The minimum absolute atomic E-state index is 0.0665. The van der Waals surface area contributed by atoms with Gasteiger partial charge < -0.3 is 10.5 Å². The standard InChI is InChI=1S/C11H22N2O4S/c1-2-17-11(14)9-18(15,16)13-8-4-3-5-10(13)6-7-12/h10H,2-9,12H2,1H3. The molecule has 1 heterocycles. The van der Waals surface area contributed by atoms with Crippen LogP contribution in [0.2, 0.25) is 0 Å². The second kappa shape index (κ2) is 7.06. The summed E-state index contributed by atoms with van der Waals surface area (Å²) in [6.07, 6.45) is 3.31. The average molecular weight is 278 g/mol. The fraction of sp³-hybridized carbons (Fsp3) is 0.909. The Morgan fingerprint density at radius 2 is 2.17 bits per heavy atom. The minimum atomic E-state index is -3.57. The lowest BCUT2D eigenvalue weighted by atomic mass is 10.0. The molecule has 1 unspecified atom stereocenters. The summed E-state index contributed by atoms with van der Waals surface area (Å²) in [5, 5.41) is 0. The Labute approximate surface area is 109 Å². The molecular formula is C11H22N2O4S. The molecule has 0 amide bonds. The van der Waals surface area contributed by atoms with E-state index in [-0.39, 0.29) is 12.6 Å². The largest absolute Gasteiger partial charge is 0.465 e. The van der Waals surface area contributed by atoms with Crippen LogP contribution in [0.5, 0.6) is 0 Å². The molecule has 1 rings (SSSR count). The average Bonchev–Trinajstić information content (AvgIpc) is 2.29. The first-order valence-electron chi connectivity index (χ1n) is 6.36. The second-order valence-electron chi connectivity index (χ2n) is 4.40. The van der Waals surface area contributed by atoms with Crippen LogP contribution in [0.1, 0.15) is 32.6 Å². The Morgan fingerprint density at radius 1 is 1.44 bits per heavy atom. The minimum Gasteiger partial charge on any atom is -0.465 e. The molecule has 0 spiro atoms. The third kappa shape index (κ3) is 4.22. The highest BCUT2D eigenvalue weighted by atomic mass is 32.2. The Bertz CT molecular complexity index is 367. The molecule has 106 valence electrons. The van der Waals surface area contributed by atoms with Crippen molar-refractivity contribution < 1.29 is 17.9 Å². The molecule has 0 aromatic carbocycles. The van der Waals surface area contributed by atoms with Crippen LogP contribution in [0.4, 0.5) is 0 Å². The van der Waals surface area contributed by atoms with Gasteiger partial charge in [0, 0.05) is 12.6 Å². The quantitative estimate of drug-likeness (QED) is 0.695. The number of nitrogens with zero attached hydrogens (tertiary/aromatic N) is 1. The number of ether oxygens (including phenoxy) is 1. The highest BCUT2D eigenvalue weighted by molar-refractivity contribution is 7.89. The number of hydrogen-bond donors (Lipinski definition) is 1. The summed E-state index contributed by atoms with van der Waals surface area (Å²) < 4.78 is 30.4. The van der Waals surface area contributed by atoms with E-state index in [1.54, 1.807) is 6.92 Å². The van der Waals surface area contributed by atoms with E-state index in [0.717, 1.165) is 19.3 Å². The molecule has 0 bridgehead atoms. The molecule has 2 N–H and O–H groups in total. The second-order valence-corrected chi connectivity index (χ2v) is 6.32. The number of carbonyl (C=O) groups excluding carboxylic acids is 1. The van der Waals surface area contributed by atoms with E-state index in [0.29, 0.717) is 19.5 Å². The lowest BCUT2D eigenvalue weighted by molar-refractivity contribution is -0.140. The highest BCUT2D eigenvalue weighted by Crippen LogP contribution is 2.22. The van der Waals surface area contributed by atoms with Gasteiger partial charge in [0.05, 0.1) is 6.61 Å². The number of esters is 1. The van der Waals surface area contributed by atoms with Gasteiger partial charge in [0.25, 0.3) is 0 Å². The van der Waals surface area contributed by atoms with E-state index in [4.69, 9.17) is 10.5 Å². The van der Waals surface area contributed by atoms with Gasteiger partial charge >= 0.3 is 5.97 Å². The lowest BCUT2D eigenvalue weighted by Crippen LogP contribution is -2.46. The normalized spacial score (nSPS) is 21.8. The summed E-state index contributed by atoms with van der Waals surface area (Å²) in [5.41, 5.74) is 5.50. The van der Waals surface area contributed by atoms with Crippen molar-refractivity contribution in [2.75, 3.05) is 25.4 Å². The van der Waals surface area contributed by atoms with Gasteiger partial charge in [0.15, 0.2) is 5.75 Å². The van der Waals surface area contributed by atoms with Gasteiger partial charge in [-0.3, -0.25) is 4.79 Å². The number of rotatable bonds is 6. The molecule has 0 aromatic heterocycles. The van der Waals surface area contributed by atoms with Crippen LogP contribution in [0.15, 0.2) is 0 Å². The van der Waals surface area contributed by atoms with Gasteiger partial charge in [0.2, 0.25) is 10.0 Å². The summed E-state index contributed by atoms with van der Waals surface area (Å²) in [4.78, 5) is 11.3. The van der Waals surface area contributed by atoms with Crippen LogP contribution in [-0.2, 0) is 19.6 Å². The van der Waals surface area contributed by atoms with Gasteiger partial charge in [-0.1, -0.05) is 6.42 Å². The summed E-state index contributed by atoms with van der Waals surface area (Å²) in [5.74, 6) is -1.25. The fourth-order valence-electron chi connectivity index (χ4n) is 2.26. The third-order valence-electron chi connectivity index (χ3n) is 3.04. The van der Waals surface area contributed by atoms with Gasteiger partial charge in [0.1, 0.15) is 0 Å². The van der Waals surface area contributed by atoms with Crippen LogP contribution < -0.4 is 5.73 Å². The van der Waals surface area contributed by atoms with E-state index in [9.17, 15) is 13.2 Å². The van der Waals surface area contributed by atoms with Gasteiger partial charge in [-0.05, 0) is 32.7 Å². The maximum absolute atomic E-state index is 12.1. The Morgan fingerprint density at radius 3 is 2.78 bits per heavy atom. The zero-order valence-corrected chi connectivity index (χ0v) is 11.6. The molecule has 1 saturated heterocycles. The Hall–Kier alpha value is -0.660. The molecular weight excluding hydrogens is 256 g/mol. The zero-order chi connectivity index (χ0) is 13.6. The maximum Gasteiger partial charge on any atom is 0.322 e. The molecule has 1 aliphatic heterocycles. The number of nitrogens with two attached hydrogens (primary N) is 1. The summed E-state index contributed by atoms with van der Waals surface area (Å²) in [7, 11) is -3.57. The number of sulfonamides is 1. The predicted molar refractivity (Wildman–Crippen MR) is 68.4 cm³/mol. The van der Waals surface area contributed by atoms with Crippen molar-refractivity contribution in [3.63, 3.8) is 0 Å². The third-order valence-corrected chi connectivity index (χ3v) is 4.83. The van der Waals surface area contributed by atoms with E-state index in [2.05, 4.69) is 0 Å². The number of hydrogen-bond acceptors (Lipinski definition) is 5. The molecule has 0 saturated carbocycles. The van der Waals surface area contributed by atoms with Crippen molar-refractivity contribution in [2.24, 2.45) is 5.73 Å². The fourth-order valence-corrected chi connectivity index (χ4v) is 3.87. The zero-order valence-electron chi connectivity index (χ0n) is 10.8. The summed E-state index contributed by atoms with van der Waals surface area (Å²) >= 11 is 0. The van der Waals surface area contributed by atoms with Gasteiger partial charge in [-0.2, -0.15) is 4.31 Å². The predicted octanol–water partition coefficient (Wildman–Crippen LogP) is 0.0826. The van der Waals surface area contributed by atoms with Crippen LogP contribution in [0, 0.1) is 0 Å². The van der Waals surface area contributed by atoms with Crippen LogP contribution in [-0.4, -0.2) is 50.2 Å². The number of carbonyl (C=O) groups is 1. The smallest absolute Gasteiger partial charge is 0.322 e. The van der Waals surface area contributed by atoms with E-state index in [1.807, 2.05) is 0 Å². The molecule has 1 aliphatic rings. The van der Waals surface area contributed by atoms with Crippen LogP contribution in [0.3, 0.4) is 0 Å². The van der Waals surface area contributed by atoms with Crippen LogP contribution >= 0.6 is 0 Å². The lowest BCUT2D eigenvalue weighted by Gasteiger charge is -2.34. The molecule has 6 nitrogen and oxygen atoms in total. The maximum atomic E-state index is 12.1. The molecule has 0 aliphatic carbocycles. The van der Waals surface area contributed by atoms with E-state index < -0.39 is 21.7 Å². The topological polar surface area (TPSA) is 89.7 Å². The Kier molecular flexibility index (Phi) is 6.04. The van der Waals surface area contributed by atoms with Crippen molar-refractivity contribution in [1.29, 1.82) is 0 Å². The van der Waals surface area contributed by atoms with Crippen molar-refractivity contribution in [1.82, 2.24) is 4.31 Å². The van der Waals surface area contributed by atoms with Crippen molar-refractivity contribution in [3.8, 4) is 0 Å². The van der Waals surface area contributed by atoms with Gasteiger partial charge in [-0.25, -0.2) is 8.42 Å². The first-order chi connectivity index (χ1) is 8.51. The SMILES string of the molecule is CCOC(=O)CS(=O)(=O)N1CCCCC1CCN. The van der Waals surface area contributed by atoms with E-state index >= 15 is 0 Å². The Balaban J connectivity index is 2.71. The van der Waals surface area contributed by atoms with Crippen molar-refractivity contribution in [3.05, 3.63) is 0 Å². The van der Waals surface area contributed by atoms with Crippen molar-refractivity contribution >= 4 is 16.0 Å². The van der Waals surface area contributed by atoms with Gasteiger partial charge in [-0.15, -0.1) is 0 Å². The summed E-state index contributed by atoms with van der Waals surface area (Å²) in [6.45, 7) is 2.78. The molecule has 0 radical (unpaired) electrons. The first kappa shape index (κ1) is 15.4.